The van der Waals surface area contributed by atoms with Gasteiger partial charge in [-0.1, -0.05) is 18.2 Å². The highest BCUT2D eigenvalue weighted by Gasteiger charge is 2.04. The highest BCUT2D eigenvalue weighted by molar-refractivity contribution is 5.89. The van der Waals surface area contributed by atoms with E-state index >= 15 is 0 Å². The first kappa shape index (κ1) is 10.5. The lowest BCUT2D eigenvalue weighted by Crippen LogP contribution is -2.04. The van der Waals surface area contributed by atoms with E-state index in [0.29, 0.717) is 12.2 Å². The molecule has 0 aliphatic rings. The van der Waals surface area contributed by atoms with E-state index in [1.807, 2.05) is 18.2 Å². The summed E-state index contributed by atoms with van der Waals surface area (Å²) in [5.41, 5.74) is 1.74. The first-order valence-electron chi connectivity index (χ1n) is 4.65. The minimum Gasteiger partial charge on any atom is -0.462 e. The van der Waals surface area contributed by atoms with Gasteiger partial charge >= 0.3 is 5.97 Å². The van der Waals surface area contributed by atoms with Gasteiger partial charge in [0, 0.05) is 0 Å². The molecule has 0 amide bonds. The van der Waals surface area contributed by atoms with Crippen LogP contribution in [0.4, 0.5) is 0 Å². The number of hydrogen-bond donors (Lipinski definition) is 0. The van der Waals surface area contributed by atoms with E-state index < -0.39 is 0 Å². The van der Waals surface area contributed by atoms with Gasteiger partial charge in [0.05, 0.1) is 12.2 Å². The molecule has 0 fully saturated rings. The topological polar surface area (TPSA) is 26.3 Å². The van der Waals surface area contributed by atoms with E-state index in [2.05, 4.69) is 6.58 Å². The lowest BCUT2D eigenvalue weighted by atomic mass is 10.1. The van der Waals surface area contributed by atoms with E-state index in [0.717, 1.165) is 12.0 Å². The molecule has 0 saturated carbocycles. The number of hydrogen-bond acceptors (Lipinski definition) is 2. The standard InChI is InChI=1S/C12H14O2/c1-3-5-10-6-8-11(9-7-10)12(13)14-4-2/h3,6-9H,1,4-5H2,2H3. The Kier molecular flexibility index (Phi) is 3.92. The Morgan fingerprint density at radius 2 is 2.07 bits per heavy atom. The van der Waals surface area contributed by atoms with Crippen molar-refractivity contribution in [1.29, 1.82) is 0 Å². The number of carbonyl (C=O) groups is 1. The Balaban J connectivity index is 2.72. The summed E-state index contributed by atoms with van der Waals surface area (Å²) in [4.78, 5) is 11.3. The van der Waals surface area contributed by atoms with Crippen LogP contribution in [-0.4, -0.2) is 12.6 Å². The van der Waals surface area contributed by atoms with Crippen LogP contribution in [0.5, 0.6) is 0 Å². The molecular weight excluding hydrogens is 176 g/mol. The van der Waals surface area contributed by atoms with Crippen LogP contribution in [0.3, 0.4) is 0 Å². The highest BCUT2D eigenvalue weighted by Crippen LogP contribution is 2.06. The van der Waals surface area contributed by atoms with Gasteiger partial charge in [0.1, 0.15) is 0 Å². The van der Waals surface area contributed by atoms with Gasteiger partial charge in [-0.25, -0.2) is 4.79 Å². The van der Waals surface area contributed by atoms with Crippen molar-refractivity contribution < 1.29 is 9.53 Å². The molecular formula is C12H14O2. The first-order valence-corrected chi connectivity index (χ1v) is 4.65. The van der Waals surface area contributed by atoms with Crippen molar-refractivity contribution in [3.63, 3.8) is 0 Å². The number of allylic oxidation sites excluding steroid dienone is 1. The van der Waals surface area contributed by atoms with Gasteiger partial charge in [-0.05, 0) is 31.0 Å². The van der Waals surface area contributed by atoms with Gasteiger partial charge < -0.3 is 4.74 Å². The van der Waals surface area contributed by atoms with Crippen molar-refractivity contribution in [1.82, 2.24) is 0 Å². The first-order chi connectivity index (χ1) is 6.77. The lowest BCUT2D eigenvalue weighted by Gasteiger charge is -2.02. The van der Waals surface area contributed by atoms with Gasteiger partial charge in [-0.15, -0.1) is 6.58 Å². The molecule has 14 heavy (non-hydrogen) atoms. The normalized spacial score (nSPS) is 9.50. The summed E-state index contributed by atoms with van der Waals surface area (Å²) in [6.45, 7) is 5.86. The SMILES string of the molecule is C=CCc1ccc(C(=O)OCC)cc1. The van der Waals surface area contributed by atoms with Crippen LogP contribution >= 0.6 is 0 Å². The van der Waals surface area contributed by atoms with Gasteiger partial charge in [-0.3, -0.25) is 0 Å². The predicted octanol–water partition coefficient (Wildman–Crippen LogP) is 2.59. The Bertz CT molecular complexity index is 312. The van der Waals surface area contributed by atoms with Crippen LogP contribution in [0.25, 0.3) is 0 Å². The highest BCUT2D eigenvalue weighted by atomic mass is 16.5. The Morgan fingerprint density at radius 3 is 2.57 bits per heavy atom. The molecule has 0 unspecified atom stereocenters. The quantitative estimate of drug-likeness (QED) is 0.539. The van der Waals surface area contributed by atoms with Crippen molar-refractivity contribution in [2.24, 2.45) is 0 Å². The van der Waals surface area contributed by atoms with Crippen molar-refractivity contribution >= 4 is 5.97 Å². The third-order valence-corrected chi connectivity index (χ3v) is 1.85. The van der Waals surface area contributed by atoms with Crippen molar-refractivity contribution in [2.75, 3.05) is 6.61 Å². The van der Waals surface area contributed by atoms with Gasteiger partial charge in [0.2, 0.25) is 0 Å². The molecule has 2 nitrogen and oxygen atoms in total. The van der Waals surface area contributed by atoms with Crippen molar-refractivity contribution in [3.8, 4) is 0 Å². The summed E-state index contributed by atoms with van der Waals surface area (Å²) in [7, 11) is 0. The molecule has 1 aromatic rings. The minimum absolute atomic E-state index is 0.266. The number of benzene rings is 1. The largest absolute Gasteiger partial charge is 0.462 e. The zero-order valence-corrected chi connectivity index (χ0v) is 8.32. The molecule has 0 aliphatic carbocycles. The molecule has 0 aromatic heterocycles. The third-order valence-electron chi connectivity index (χ3n) is 1.85. The number of carbonyl (C=O) groups excluding carboxylic acids is 1. The molecule has 0 bridgehead atoms. The molecule has 0 aliphatic heterocycles. The summed E-state index contributed by atoms with van der Waals surface area (Å²) in [5, 5.41) is 0. The maximum absolute atomic E-state index is 11.3. The van der Waals surface area contributed by atoms with Crippen LogP contribution in [0.2, 0.25) is 0 Å². The van der Waals surface area contributed by atoms with E-state index in [1.165, 1.54) is 0 Å². The monoisotopic (exact) mass is 190 g/mol. The Hall–Kier alpha value is -1.57. The zero-order chi connectivity index (χ0) is 10.4. The summed E-state index contributed by atoms with van der Waals surface area (Å²) in [5.74, 6) is -0.266. The second-order valence-corrected chi connectivity index (χ2v) is 2.91. The van der Waals surface area contributed by atoms with E-state index in [1.54, 1.807) is 19.1 Å². The molecule has 1 aromatic carbocycles. The van der Waals surface area contributed by atoms with Crippen molar-refractivity contribution in [3.05, 3.63) is 48.0 Å². The average Bonchev–Trinajstić information content (AvgIpc) is 2.20. The minimum atomic E-state index is -0.266. The molecule has 74 valence electrons. The number of rotatable bonds is 4. The molecule has 0 heterocycles. The van der Waals surface area contributed by atoms with Crippen LogP contribution < -0.4 is 0 Å². The molecule has 0 saturated heterocycles. The predicted molar refractivity (Wildman–Crippen MR) is 56.3 cm³/mol. The number of esters is 1. The van der Waals surface area contributed by atoms with Crippen LogP contribution in [-0.2, 0) is 11.2 Å². The molecule has 1 rings (SSSR count). The number of ether oxygens (including phenoxy) is 1. The average molecular weight is 190 g/mol. The van der Waals surface area contributed by atoms with E-state index in [-0.39, 0.29) is 5.97 Å². The van der Waals surface area contributed by atoms with Gasteiger partial charge in [0.15, 0.2) is 0 Å². The molecule has 0 spiro atoms. The summed E-state index contributed by atoms with van der Waals surface area (Å²) in [6.07, 6.45) is 2.66. The molecule has 0 N–H and O–H groups in total. The van der Waals surface area contributed by atoms with Crippen LogP contribution in [0, 0.1) is 0 Å². The smallest absolute Gasteiger partial charge is 0.338 e. The fourth-order valence-corrected chi connectivity index (χ4v) is 1.16. The van der Waals surface area contributed by atoms with E-state index in [4.69, 9.17) is 4.74 Å². The fourth-order valence-electron chi connectivity index (χ4n) is 1.16. The maximum Gasteiger partial charge on any atom is 0.338 e. The maximum atomic E-state index is 11.3. The zero-order valence-electron chi connectivity index (χ0n) is 8.32. The second-order valence-electron chi connectivity index (χ2n) is 2.91. The Labute approximate surface area is 84.2 Å². The molecule has 0 atom stereocenters. The Morgan fingerprint density at radius 1 is 1.43 bits per heavy atom. The summed E-state index contributed by atoms with van der Waals surface area (Å²) in [6, 6.07) is 7.37. The second kappa shape index (κ2) is 5.22. The van der Waals surface area contributed by atoms with Crippen LogP contribution in [0.15, 0.2) is 36.9 Å². The van der Waals surface area contributed by atoms with Gasteiger partial charge in [0.25, 0.3) is 0 Å². The van der Waals surface area contributed by atoms with Gasteiger partial charge in [-0.2, -0.15) is 0 Å². The van der Waals surface area contributed by atoms with Crippen LogP contribution in [0.1, 0.15) is 22.8 Å². The summed E-state index contributed by atoms with van der Waals surface area (Å²) < 4.78 is 4.87. The lowest BCUT2D eigenvalue weighted by molar-refractivity contribution is 0.0526. The molecule has 0 radical (unpaired) electrons. The third kappa shape index (κ3) is 2.73. The van der Waals surface area contributed by atoms with Crippen molar-refractivity contribution in [2.45, 2.75) is 13.3 Å². The van der Waals surface area contributed by atoms with E-state index in [9.17, 15) is 4.79 Å². The fraction of sp³-hybridized carbons (Fsp3) is 0.250. The summed E-state index contributed by atoms with van der Waals surface area (Å²) >= 11 is 0. The molecule has 2 heteroatoms.